The Morgan fingerprint density at radius 3 is 2.53 bits per heavy atom. The van der Waals surface area contributed by atoms with Gasteiger partial charge < -0.3 is 11.1 Å². The standard InChI is InChI=1S/C13H18N2OS/c1-10-2-4-11(5-3-10)6-7-13(16)15-9-8-12(14)17/h2-5H,6-9H2,1H3,(H2,14,17)(H,15,16). The van der Waals surface area contributed by atoms with Crippen molar-refractivity contribution in [2.24, 2.45) is 5.73 Å². The summed E-state index contributed by atoms with van der Waals surface area (Å²) in [7, 11) is 0. The zero-order chi connectivity index (χ0) is 12.7. The predicted molar refractivity (Wildman–Crippen MR) is 73.9 cm³/mol. The van der Waals surface area contributed by atoms with Crippen LogP contribution >= 0.6 is 12.2 Å². The number of aryl methyl sites for hydroxylation is 2. The molecule has 92 valence electrons. The number of thiocarbonyl (C=S) groups is 1. The summed E-state index contributed by atoms with van der Waals surface area (Å²) in [5, 5.41) is 2.79. The molecule has 3 nitrogen and oxygen atoms in total. The van der Waals surface area contributed by atoms with E-state index in [1.165, 1.54) is 11.1 Å². The Balaban J connectivity index is 2.23. The Morgan fingerprint density at radius 1 is 1.29 bits per heavy atom. The maximum absolute atomic E-state index is 11.5. The molecule has 0 aliphatic carbocycles. The summed E-state index contributed by atoms with van der Waals surface area (Å²) < 4.78 is 0. The number of rotatable bonds is 6. The third kappa shape index (κ3) is 6.02. The van der Waals surface area contributed by atoms with Crippen molar-refractivity contribution in [2.45, 2.75) is 26.2 Å². The number of nitrogens with two attached hydrogens (primary N) is 1. The lowest BCUT2D eigenvalue weighted by Gasteiger charge is -2.04. The van der Waals surface area contributed by atoms with Crippen molar-refractivity contribution >= 4 is 23.1 Å². The Labute approximate surface area is 107 Å². The second-order valence-corrected chi connectivity index (χ2v) is 4.58. The number of amides is 1. The molecule has 0 aliphatic rings. The van der Waals surface area contributed by atoms with Crippen LogP contribution in [0.3, 0.4) is 0 Å². The molecule has 0 bridgehead atoms. The van der Waals surface area contributed by atoms with Gasteiger partial charge in [-0.3, -0.25) is 4.79 Å². The monoisotopic (exact) mass is 250 g/mol. The molecule has 0 spiro atoms. The second-order valence-electron chi connectivity index (χ2n) is 4.05. The first-order valence-corrected chi connectivity index (χ1v) is 6.09. The molecule has 0 radical (unpaired) electrons. The number of carbonyl (C=O) groups excluding carboxylic acids is 1. The summed E-state index contributed by atoms with van der Waals surface area (Å²) in [5.41, 5.74) is 7.75. The third-order valence-electron chi connectivity index (χ3n) is 2.45. The Hall–Kier alpha value is -1.42. The zero-order valence-electron chi connectivity index (χ0n) is 10.0. The van der Waals surface area contributed by atoms with E-state index in [2.05, 4.69) is 29.6 Å². The van der Waals surface area contributed by atoms with Gasteiger partial charge in [-0.2, -0.15) is 0 Å². The summed E-state index contributed by atoms with van der Waals surface area (Å²) in [6, 6.07) is 8.22. The van der Waals surface area contributed by atoms with Gasteiger partial charge in [0.05, 0.1) is 4.99 Å². The Bertz CT molecular complexity index is 387. The number of nitrogens with one attached hydrogen (secondary N) is 1. The van der Waals surface area contributed by atoms with Crippen LogP contribution in [-0.2, 0) is 11.2 Å². The SMILES string of the molecule is Cc1ccc(CCC(=O)NCCC(N)=S)cc1. The van der Waals surface area contributed by atoms with Crippen molar-refractivity contribution in [3.63, 3.8) is 0 Å². The smallest absolute Gasteiger partial charge is 0.220 e. The van der Waals surface area contributed by atoms with E-state index >= 15 is 0 Å². The molecule has 0 aromatic heterocycles. The number of hydrogen-bond acceptors (Lipinski definition) is 2. The lowest BCUT2D eigenvalue weighted by atomic mass is 10.1. The van der Waals surface area contributed by atoms with Crippen molar-refractivity contribution in [3.05, 3.63) is 35.4 Å². The molecule has 0 unspecified atom stereocenters. The van der Waals surface area contributed by atoms with E-state index in [0.29, 0.717) is 24.4 Å². The van der Waals surface area contributed by atoms with Crippen molar-refractivity contribution in [2.75, 3.05) is 6.54 Å². The molecule has 0 saturated carbocycles. The van der Waals surface area contributed by atoms with Gasteiger partial charge in [-0.1, -0.05) is 42.0 Å². The average Bonchev–Trinajstić information content (AvgIpc) is 2.28. The van der Waals surface area contributed by atoms with E-state index in [0.717, 1.165) is 6.42 Å². The minimum atomic E-state index is 0.0434. The van der Waals surface area contributed by atoms with Crippen molar-refractivity contribution in [1.29, 1.82) is 0 Å². The molecule has 0 saturated heterocycles. The van der Waals surface area contributed by atoms with Gasteiger partial charge in [0.2, 0.25) is 5.91 Å². The fourth-order valence-electron chi connectivity index (χ4n) is 1.43. The van der Waals surface area contributed by atoms with Gasteiger partial charge in [0.25, 0.3) is 0 Å². The second kappa shape index (κ2) is 7.01. The van der Waals surface area contributed by atoms with Gasteiger partial charge in [0, 0.05) is 19.4 Å². The summed E-state index contributed by atoms with van der Waals surface area (Å²) in [6.07, 6.45) is 1.82. The molecule has 0 fully saturated rings. The predicted octanol–water partition coefficient (Wildman–Crippen LogP) is 1.72. The molecule has 4 heteroatoms. The van der Waals surface area contributed by atoms with E-state index in [-0.39, 0.29) is 5.91 Å². The van der Waals surface area contributed by atoms with Gasteiger partial charge >= 0.3 is 0 Å². The first-order valence-electron chi connectivity index (χ1n) is 5.68. The van der Waals surface area contributed by atoms with Gasteiger partial charge in [0.15, 0.2) is 0 Å². The van der Waals surface area contributed by atoms with Crippen LogP contribution in [0.5, 0.6) is 0 Å². The van der Waals surface area contributed by atoms with Crippen LogP contribution in [0.15, 0.2) is 24.3 Å². The van der Waals surface area contributed by atoms with E-state index in [9.17, 15) is 4.79 Å². The molecular formula is C13H18N2OS. The third-order valence-corrected chi connectivity index (χ3v) is 2.66. The van der Waals surface area contributed by atoms with E-state index in [4.69, 9.17) is 18.0 Å². The van der Waals surface area contributed by atoms with Gasteiger partial charge in [-0.15, -0.1) is 0 Å². The molecule has 1 aromatic rings. The molecule has 17 heavy (non-hydrogen) atoms. The van der Waals surface area contributed by atoms with Crippen molar-refractivity contribution in [3.8, 4) is 0 Å². The van der Waals surface area contributed by atoms with Gasteiger partial charge in [-0.25, -0.2) is 0 Å². The Kier molecular flexibility index (Phi) is 5.63. The van der Waals surface area contributed by atoms with Crippen molar-refractivity contribution < 1.29 is 4.79 Å². The minimum Gasteiger partial charge on any atom is -0.393 e. The molecule has 1 amide bonds. The van der Waals surface area contributed by atoms with Crippen LogP contribution < -0.4 is 11.1 Å². The van der Waals surface area contributed by atoms with Crippen LogP contribution in [0, 0.1) is 6.92 Å². The maximum Gasteiger partial charge on any atom is 0.220 e. The highest BCUT2D eigenvalue weighted by Gasteiger charge is 2.01. The number of benzene rings is 1. The van der Waals surface area contributed by atoms with Crippen molar-refractivity contribution in [1.82, 2.24) is 5.32 Å². The molecule has 0 atom stereocenters. The lowest BCUT2D eigenvalue weighted by Crippen LogP contribution is -2.27. The topological polar surface area (TPSA) is 55.1 Å². The first kappa shape index (κ1) is 13.6. The number of hydrogen-bond donors (Lipinski definition) is 2. The quantitative estimate of drug-likeness (QED) is 0.756. The molecule has 0 aliphatic heterocycles. The zero-order valence-corrected chi connectivity index (χ0v) is 10.8. The maximum atomic E-state index is 11.5. The normalized spacial score (nSPS) is 9.94. The van der Waals surface area contributed by atoms with Gasteiger partial charge in [-0.05, 0) is 18.9 Å². The van der Waals surface area contributed by atoms with Crippen LogP contribution in [0.2, 0.25) is 0 Å². The highest BCUT2D eigenvalue weighted by molar-refractivity contribution is 7.80. The largest absolute Gasteiger partial charge is 0.393 e. The molecule has 0 heterocycles. The molecular weight excluding hydrogens is 232 g/mol. The number of carbonyl (C=O) groups is 1. The van der Waals surface area contributed by atoms with Crippen LogP contribution in [0.25, 0.3) is 0 Å². The van der Waals surface area contributed by atoms with E-state index < -0.39 is 0 Å². The first-order chi connectivity index (χ1) is 8.08. The summed E-state index contributed by atoms with van der Waals surface area (Å²) in [6.45, 7) is 2.58. The molecule has 3 N–H and O–H groups in total. The highest BCUT2D eigenvalue weighted by Crippen LogP contribution is 2.05. The highest BCUT2D eigenvalue weighted by atomic mass is 32.1. The Morgan fingerprint density at radius 2 is 1.94 bits per heavy atom. The van der Waals surface area contributed by atoms with Crippen LogP contribution in [0.1, 0.15) is 24.0 Å². The van der Waals surface area contributed by atoms with E-state index in [1.807, 2.05) is 6.92 Å². The van der Waals surface area contributed by atoms with Gasteiger partial charge in [0.1, 0.15) is 0 Å². The summed E-state index contributed by atoms with van der Waals surface area (Å²) in [5.74, 6) is 0.0434. The fraction of sp³-hybridized carbons (Fsp3) is 0.385. The van der Waals surface area contributed by atoms with Crippen LogP contribution in [-0.4, -0.2) is 17.4 Å². The van der Waals surface area contributed by atoms with E-state index in [1.54, 1.807) is 0 Å². The molecule has 1 rings (SSSR count). The summed E-state index contributed by atoms with van der Waals surface area (Å²) in [4.78, 5) is 11.9. The van der Waals surface area contributed by atoms with Crippen LogP contribution in [0.4, 0.5) is 0 Å². The summed E-state index contributed by atoms with van der Waals surface area (Å²) >= 11 is 4.73. The average molecular weight is 250 g/mol. The minimum absolute atomic E-state index is 0.0434. The fourth-order valence-corrected chi connectivity index (χ4v) is 1.53. The molecule has 1 aromatic carbocycles. The lowest BCUT2D eigenvalue weighted by molar-refractivity contribution is -0.120.